The SMILES string of the molecule is COS(=O)(=O)NC1OC(C)(C)OC1c1ccccc1N. The molecule has 0 bridgehead atoms. The zero-order valence-corrected chi connectivity index (χ0v) is 12.3. The Bertz CT molecular complexity index is 587. The Balaban J connectivity index is 2.32. The van der Waals surface area contributed by atoms with E-state index < -0.39 is 28.4 Å². The number of nitrogens with one attached hydrogen (secondary N) is 1. The van der Waals surface area contributed by atoms with E-state index in [9.17, 15) is 8.42 Å². The van der Waals surface area contributed by atoms with Gasteiger partial charge in [-0.05, 0) is 19.9 Å². The average molecular weight is 302 g/mol. The second kappa shape index (κ2) is 5.30. The van der Waals surface area contributed by atoms with Crippen LogP contribution in [0.3, 0.4) is 0 Å². The van der Waals surface area contributed by atoms with Crippen molar-refractivity contribution < 1.29 is 22.1 Å². The van der Waals surface area contributed by atoms with Crippen LogP contribution in [0.4, 0.5) is 5.69 Å². The lowest BCUT2D eigenvalue weighted by atomic mass is 10.1. The molecule has 1 aromatic rings. The van der Waals surface area contributed by atoms with Gasteiger partial charge in [-0.2, -0.15) is 13.1 Å². The number of anilines is 1. The Labute approximate surface area is 118 Å². The van der Waals surface area contributed by atoms with E-state index in [2.05, 4.69) is 8.91 Å². The molecule has 1 aromatic carbocycles. The molecule has 1 aliphatic heterocycles. The molecular formula is C12H18N2O5S. The summed E-state index contributed by atoms with van der Waals surface area (Å²) in [6, 6.07) is 7.06. The second-order valence-electron chi connectivity index (χ2n) is 4.84. The van der Waals surface area contributed by atoms with Crippen molar-refractivity contribution in [3.05, 3.63) is 29.8 Å². The molecule has 0 saturated carbocycles. The van der Waals surface area contributed by atoms with Gasteiger partial charge in [0, 0.05) is 11.3 Å². The van der Waals surface area contributed by atoms with Gasteiger partial charge in [0.05, 0.1) is 7.11 Å². The first-order valence-corrected chi connectivity index (χ1v) is 7.43. The first-order valence-electron chi connectivity index (χ1n) is 6.02. The van der Waals surface area contributed by atoms with E-state index in [-0.39, 0.29) is 0 Å². The fourth-order valence-corrected chi connectivity index (χ4v) is 2.59. The third-order valence-corrected chi connectivity index (χ3v) is 3.84. The minimum absolute atomic E-state index is 0.500. The number of benzene rings is 1. The Kier molecular flexibility index (Phi) is 4.03. The number of ether oxygens (including phenoxy) is 2. The van der Waals surface area contributed by atoms with E-state index in [0.29, 0.717) is 11.3 Å². The van der Waals surface area contributed by atoms with Gasteiger partial charge in [-0.25, -0.2) is 0 Å². The van der Waals surface area contributed by atoms with Crippen LogP contribution in [-0.4, -0.2) is 27.5 Å². The Hall–Kier alpha value is -1.19. The number of para-hydroxylation sites is 1. The van der Waals surface area contributed by atoms with Gasteiger partial charge in [0.15, 0.2) is 12.0 Å². The van der Waals surface area contributed by atoms with Gasteiger partial charge in [0.25, 0.3) is 0 Å². The Morgan fingerprint density at radius 2 is 1.95 bits per heavy atom. The first kappa shape index (κ1) is 15.2. The van der Waals surface area contributed by atoms with Crippen molar-refractivity contribution in [1.82, 2.24) is 4.72 Å². The van der Waals surface area contributed by atoms with Gasteiger partial charge in [-0.3, -0.25) is 4.18 Å². The monoisotopic (exact) mass is 302 g/mol. The van der Waals surface area contributed by atoms with E-state index in [0.717, 1.165) is 7.11 Å². The maximum Gasteiger partial charge on any atom is 0.337 e. The van der Waals surface area contributed by atoms with Crippen molar-refractivity contribution in [2.24, 2.45) is 0 Å². The van der Waals surface area contributed by atoms with Crippen molar-refractivity contribution in [3.8, 4) is 0 Å². The quantitative estimate of drug-likeness (QED) is 0.802. The third-order valence-electron chi connectivity index (χ3n) is 2.88. The largest absolute Gasteiger partial charge is 0.398 e. The second-order valence-corrected chi connectivity index (χ2v) is 6.32. The zero-order chi connectivity index (χ0) is 15.0. The highest BCUT2D eigenvalue weighted by atomic mass is 32.2. The molecule has 112 valence electrons. The average Bonchev–Trinajstić information content (AvgIpc) is 2.64. The highest BCUT2D eigenvalue weighted by molar-refractivity contribution is 7.84. The topological polar surface area (TPSA) is 99.9 Å². The fourth-order valence-electron chi connectivity index (χ4n) is 2.04. The van der Waals surface area contributed by atoms with Gasteiger partial charge in [0.1, 0.15) is 6.10 Å². The summed E-state index contributed by atoms with van der Waals surface area (Å²) in [6.07, 6.45) is -1.57. The van der Waals surface area contributed by atoms with Crippen LogP contribution in [0.2, 0.25) is 0 Å². The number of nitrogen functional groups attached to an aromatic ring is 1. The molecule has 2 rings (SSSR count). The number of nitrogens with two attached hydrogens (primary N) is 1. The lowest BCUT2D eigenvalue weighted by Gasteiger charge is -2.19. The third kappa shape index (κ3) is 3.28. The standard InChI is InChI=1S/C12H18N2O5S/c1-12(2)18-10(8-6-4-5-7-9(8)13)11(19-12)14-20(15,16)17-3/h4-7,10-11,14H,13H2,1-3H3. The summed E-state index contributed by atoms with van der Waals surface area (Å²) < 4.78 is 41.0. The molecule has 1 fully saturated rings. The van der Waals surface area contributed by atoms with E-state index in [4.69, 9.17) is 15.2 Å². The van der Waals surface area contributed by atoms with E-state index in [1.165, 1.54) is 0 Å². The normalized spacial score (nSPS) is 25.8. The molecule has 1 saturated heterocycles. The van der Waals surface area contributed by atoms with Crippen LogP contribution in [0.1, 0.15) is 25.5 Å². The molecule has 8 heteroatoms. The molecule has 2 unspecified atom stereocenters. The number of hydrogen-bond acceptors (Lipinski definition) is 6. The summed E-state index contributed by atoms with van der Waals surface area (Å²) >= 11 is 0. The van der Waals surface area contributed by atoms with E-state index in [1.807, 2.05) is 0 Å². The molecule has 20 heavy (non-hydrogen) atoms. The minimum Gasteiger partial charge on any atom is -0.398 e. The zero-order valence-electron chi connectivity index (χ0n) is 11.5. The molecule has 1 heterocycles. The Morgan fingerprint density at radius 1 is 1.30 bits per heavy atom. The van der Waals surface area contributed by atoms with Crippen LogP contribution in [0.25, 0.3) is 0 Å². The maximum atomic E-state index is 11.5. The summed E-state index contributed by atoms with van der Waals surface area (Å²) in [5.41, 5.74) is 7.06. The molecule has 7 nitrogen and oxygen atoms in total. The lowest BCUT2D eigenvalue weighted by Crippen LogP contribution is -2.39. The van der Waals surface area contributed by atoms with Crippen LogP contribution in [-0.2, 0) is 24.0 Å². The summed E-state index contributed by atoms with van der Waals surface area (Å²) in [4.78, 5) is 0. The maximum absolute atomic E-state index is 11.5. The van der Waals surface area contributed by atoms with Crippen LogP contribution in [0.15, 0.2) is 24.3 Å². The van der Waals surface area contributed by atoms with Gasteiger partial charge in [0.2, 0.25) is 0 Å². The van der Waals surface area contributed by atoms with Crippen LogP contribution in [0.5, 0.6) is 0 Å². The summed E-state index contributed by atoms with van der Waals surface area (Å²) in [5, 5.41) is 0. The van der Waals surface area contributed by atoms with Crippen LogP contribution < -0.4 is 10.5 Å². The van der Waals surface area contributed by atoms with Gasteiger partial charge in [-0.1, -0.05) is 18.2 Å². The van der Waals surface area contributed by atoms with Crippen molar-refractivity contribution in [2.45, 2.75) is 32.0 Å². The van der Waals surface area contributed by atoms with Crippen LogP contribution in [0, 0.1) is 0 Å². The lowest BCUT2D eigenvalue weighted by molar-refractivity contribution is -0.147. The highest BCUT2D eigenvalue weighted by Crippen LogP contribution is 2.39. The van der Waals surface area contributed by atoms with Crippen molar-refractivity contribution in [1.29, 1.82) is 0 Å². The first-order chi connectivity index (χ1) is 9.24. The van der Waals surface area contributed by atoms with Gasteiger partial charge in [-0.15, -0.1) is 0 Å². The fraction of sp³-hybridized carbons (Fsp3) is 0.500. The molecule has 2 atom stereocenters. The predicted molar refractivity (Wildman–Crippen MR) is 72.7 cm³/mol. The highest BCUT2D eigenvalue weighted by Gasteiger charge is 2.44. The summed E-state index contributed by atoms with van der Waals surface area (Å²) in [7, 11) is -2.84. The van der Waals surface area contributed by atoms with Crippen molar-refractivity contribution in [2.75, 3.05) is 12.8 Å². The summed E-state index contributed by atoms with van der Waals surface area (Å²) in [6.45, 7) is 3.39. The Morgan fingerprint density at radius 3 is 2.55 bits per heavy atom. The van der Waals surface area contributed by atoms with Crippen molar-refractivity contribution >= 4 is 16.0 Å². The van der Waals surface area contributed by atoms with Crippen molar-refractivity contribution in [3.63, 3.8) is 0 Å². The van der Waals surface area contributed by atoms with Crippen LogP contribution >= 0.6 is 0 Å². The molecular weight excluding hydrogens is 284 g/mol. The molecule has 0 aromatic heterocycles. The predicted octanol–water partition coefficient (Wildman–Crippen LogP) is 0.900. The molecule has 3 N–H and O–H groups in total. The van der Waals surface area contributed by atoms with Gasteiger partial charge >= 0.3 is 10.3 Å². The molecule has 0 amide bonds. The van der Waals surface area contributed by atoms with E-state index >= 15 is 0 Å². The smallest absolute Gasteiger partial charge is 0.337 e. The molecule has 0 aliphatic carbocycles. The summed E-state index contributed by atoms with van der Waals surface area (Å²) in [5.74, 6) is -0.937. The minimum atomic E-state index is -3.90. The number of rotatable bonds is 4. The molecule has 0 spiro atoms. The van der Waals surface area contributed by atoms with E-state index in [1.54, 1.807) is 38.1 Å². The van der Waals surface area contributed by atoms with Gasteiger partial charge < -0.3 is 15.2 Å². The molecule has 1 aliphatic rings. The molecule has 0 radical (unpaired) electrons. The number of hydrogen-bond donors (Lipinski definition) is 2.